The first kappa shape index (κ1) is 14.0. The maximum Gasteiger partial charge on any atom is 0.127 e. The van der Waals surface area contributed by atoms with Gasteiger partial charge in [-0.3, -0.25) is 4.90 Å². The molecular weight excluding hydrogens is 256 g/mol. The molecule has 0 aromatic carbocycles. The zero-order valence-electron chi connectivity index (χ0n) is 11.9. The monoisotopic (exact) mass is 276 g/mol. The van der Waals surface area contributed by atoms with E-state index in [9.17, 15) is 0 Å². The Morgan fingerprint density at radius 3 is 2.53 bits per heavy atom. The summed E-state index contributed by atoms with van der Waals surface area (Å²) in [5.74, 6) is 0.986. The van der Waals surface area contributed by atoms with Crippen LogP contribution >= 0.6 is 11.3 Å². The van der Waals surface area contributed by atoms with E-state index in [1.54, 1.807) is 11.3 Å². The molecule has 2 aromatic heterocycles. The third kappa shape index (κ3) is 3.52. The van der Waals surface area contributed by atoms with E-state index < -0.39 is 0 Å². The highest BCUT2D eigenvalue weighted by molar-refractivity contribution is 7.09. The van der Waals surface area contributed by atoms with Crippen molar-refractivity contribution >= 4 is 17.2 Å². The predicted molar refractivity (Wildman–Crippen MR) is 80.6 cm³/mol. The number of aromatic nitrogens is 2. The van der Waals surface area contributed by atoms with Gasteiger partial charge in [0.25, 0.3) is 0 Å². The van der Waals surface area contributed by atoms with Crippen molar-refractivity contribution in [3.8, 4) is 0 Å². The molecule has 0 bridgehead atoms. The first-order valence-corrected chi connectivity index (χ1v) is 7.18. The number of pyridine rings is 1. The summed E-state index contributed by atoms with van der Waals surface area (Å²) in [4.78, 5) is 13.1. The molecule has 2 rings (SSSR count). The second-order valence-corrected chi connectivity index (χ2v) is 5.81. The van der Waals surface area contributed by atoms with Gasteiger partial charge in [-0.2, -0.15) is 0 Å². The zero-order valence-corrected chi connectivity index (χ0v) is 12.7. The van der Waals surface area contributed by atoms with Crippen molar-refractivity contribution in [2.45, 2.75) is 19.5 Å². The van der Waals surface area contributed by atoms with Crippen molar-refractivity contribution in [3.05, 3.63) is 40.5 Å². The molecule has 1 atom stereocenters. The van der Waals surface area contributed by atoms with Gasteiger partial charge in [0.2, 0.25) is 0 Å². The van der Waals surface area contributed by atoms with E-state index in [-0.39, 0.29) is 0 Å². The summed E-state index contributed by atoms with van der Waals surface area (Å²) in [5, 5.41) is 3.17. The first-order valence-electron chi connectivity index (χ1n) is 6.30. The molecule has 0 aliphatic heterocycles. The van der Waals surface area contributed by atoms with E-state index in [0.717, 1.165) is 17.4 Å². The fourth-order valence-electron chi connectivity index (χ4n) is 1.83. The molecule has 0 amide bonds. The Balaban J connectivity index is 2.00. The summed E-state index contributed by atoms with van der Waals surface area (Å²) in [5.41, 5.74) is 1.22. The molecule has 0 unspecified atom stereocenters. The summed E-state index contributed by atoms with van der Waals surface area (Å²) in [7, 11) is 6.11. The second-order valence-electron chi connectivity index (χ2n) is 4.88. The second kappa shape index (κ2) is 6.12. The fourth-order valence-corrected chi connectivity index (χ4v) is 2.59. The topological polar surface area (TPSA) is 32.3 Å². The van der Waals surface area contributed by atoms with Gasteiger partial charge in [0.1, 0.15) is 10.8 Å². The molecule has 102 valence electrons. The number of nitrogens with zero attached hydrogens (tertiary/aromatic N) is 4. The third-order valence-corrected chi connectivity index (χ3v) is 4.12. The predicted octanol–water partition coefficient (Wildman–Crippen LogP) is 2.80. The van der Waals surface area contributed by atoms with Gasteiger partial charge < -0.3 is 4.90 Å². The van der Waals surface area contributed by atoms with Crippen LogP contribution in [0.15, 0.2) is 29.9 Å². The van der Waals surface area contributed by atoms with Gasteiger partial charge in [-0.05, 0) is 25.6 Å². The van der Waals surface area contributed by atoms with Crippen molar-refractivity contribution in [1.82, 2.24) is 14.9 Å². The van der Waals surface area contributed by atoms with Crippen molar-refractivity contribution in [2.75, 3.05) is 26.0 Å². The minimum Gasteiger partial charge on any atom is -0.363 e. The van der Waals surface area contributed by atoms with Gasteiger partial charge in [0.15, 0.2) is 0 Å². The van der Waals surface area contributed by atoms with E-state index in [1.165, 1.54) is 5.56 Å². The van der Waals surface area contributed by atoms with Crippen molar-refractivity contribution in [3.63, 3.8) is 0 Å². The molecule has 2 aromatic rings. The van der Waals surface area contributed by atoms with Crippen LogP contribution in [0.4, 0.5) is 5.82 Å². The molecule has 0 spiro atoms. The van der Waals surface area contributed by atoms with E-state index in [2.05, 4.69) is 41.0 Å². The Kier molecular flexibility index (Phi) is 4.50. The summed E-state index contributed by atoms with van der Waals surface area (Å²) >= 11 is 1.70. The van der Waals surface area contributed by atoms with E-state index >= 15 is 0 Å². The van der Waals surface area contributed by atoms with Crippen LogP contribution in [0.5, 0.6) is 0 Å². The lowest BCUT2D eigenvalue weighted by molar-refractivity contribution is 0.252. The number of hydrogen-bond donors (Lipinski definition) is 0. The highest BCUT2D eigenvalue weighted by atomic mass is 32.1. The molecule has 0 N–H and O–H groups in total. The summed E-state index contributed by atoms with van der Waals surface area (Å²) < 4.78 is 0. The van der Waals surface area contributed by atoms with Crippen LogP contribution in [0.2, 0.25) is 0 Å². The normalized spacial score (nSPS) is 12.7. The van der Waals surface area contributed by atoms with Gasteiger partial charge in [-0.1, -0.05) is 6.07 Å². The highest BCUT2D eigenvalue weighted by Crippen LogP contribution is 2.22. The maximum atomic E-state index is 4.44. The van der Waals surface area contributed by atoms with Crippen LogP contribution < -0.4 is 4.90 Å². The number of thiazole rings is 1. The van der Waals surface area contributed by atoms with Gasteiger partial charge in [0.05, 0.1) is 6.04 Å². The molecule has 0 radical (unpaired) electrons. The Bertz CT molecular complexity index is 493. The lowest BCUT2D eigenvalue weighted by atomic mass is 10.2. The van der Waals surface area contributed by atoms with Crippen LogP contribution in [-0.4, -0.2) is 36.0 Å². The molecule has 0 aliphatic carbocycles. The largest absolute Gasteiger partial charge is 0.363 e. The van der Waals surface area contributed by atoms with Crippen LogP contribution in [0, 0.1) is 0 Å². The Morgan fingerprint density at radius 1 is 1.21 bits per heavy atom. The van der Waals surface area contributed by atoms with Crippen LogP contribution in [0.3, 0.4) is 0 Å². The van der Waals surface area contributed by atoms with Gasteiger partial charge in [-0.25, -0.2) is 9.97 Å². The molecule has 5 heteroatoms. The lowest BCUT2D eigenvalue weighted by Crippen LogP contribution is -2.22. The minimum absolute atomic E-state index is 0.327. The number of rotatable bonds is 5. The highest BCUT2D eigenvalue weighted by Gasteiger charge is 2.14. The Hall–Kier alpha value is -1.46. The fraction of sp³-hybridized carbons (Fsp3) is 0.429. The standard InChI is InChI=1S/C14H20N4S/c1-11(14-15-7-8-19-14)18(4)10-12-5-6-13(16-9-12)17(2)3/h5-9,11H,10H2,1-4H3/t11-/m0/s1. The summed E-state index contributed by atoms with van der Waals surface area (Å²) in [6.45, 7) is 3.06. The average molecular weight is 276 g/mol. The van der Waals surface area contributed by atoms with Crippen LogP contribution in [0.1, 0.15) is 23.5 Å². The molecule has 0 saturated carbocycles. The quantitative estimate of drug-likeness (QED) is 0.840. The third-order valence-electron chi connectivity index (χ3n) is 3.17. The van der Waals surface area contributed by atoms with E-state index in [4.69, 9.17) is 0 Å². The summed E-state index contributed by atoms with van der Waals surface area (Å²) in [6, 6.07) is 4.51. The Morgan fingerprint density at radius 2 is 2.00 bits per heavy atom. The molecule has 0 aliphatic rings. The van der Waals surface area contributed by atoms with Crippen molar-refractivity contribution in [1.29, 1.82) is 0 Å². The van der Waals surface area contributed by atoms with E-state index in [0.29, 0.717) is 6.04 Å². The van der Waals surface area contributed by atoms with Gasteiger partial charge in [0, 0.05) is 38.4 Å². The van der Waals surface area contributed by atoms with Gasteiger partial charge in [-0.15, -0.1) is 11.3 Å². The molecule has 2 heterocycles. The lowest BCUT2D eigenvalue weighted by Gasteiger charge is -2.23. The zero-order chi connectivity index (χ0) is 13.8. The number of anilines is 1. The number of hydrogen-bond acceptors (Lipinski definition) is 5. The first-order chi connectivity index (χ1) is 9.08. The molecule has 0 saturated heterocycles. The van der Waals surface area contributed by atoms with Crippen LogP contribution in [0.25, 0.3) is 0 Å². The smallest absolute Gasteiger partial charge is 0.127 e. The summed E-state index contributed by atoms with van der Waals surface area (Å²) in [6.07, 6.45) is 3.80. The van der Waals surface area contributed by atoms with Crippen LogP contribution in [-0.2, 0) is 6.54 Å². The van der Waals surface area contributed by atoms with Crippen molar-refractivity contribution in [2.24, 2.45) is 0 Å². The molecule has 4 nitrogen and oxygen atoms in total. The minimum atomic E-state index is 0.327. The van der Waals surface area contributed by atoms with E-state index in [1.807, 2.05) is 36.8 Å². The Labute approximate surface area is 118 Å². The maximum absolute atomic E-state index is 4.44. The van der Waals surface area contributed by atoms with Crippen molar-refractivity contribution < 1.29 is 0 Å². The molecule has 19 heavy (non-hydrogen) atoms. The van der Waals surface area contributed by atoms with Gasteiger partial charge >= 0.3 is 0 Å². The molecular formula is C14H20N4S. The average Bonchev–Trinajstić information content (AvgIpc) is 2.92. The molecule has 0 fully saturated rings. The SMILES string of the molecule is C[C@@H](c1nccs1)N(C)Cc1ccc(N(C)C)nc1.